The van der Waals surface area contributed by atoms with Crippen molar-refractivity contribution in [2.45, 2.75) is 11.8 Å². The van der Waals surface area contributed by atoms with Crippen LogP contribution < -0.4 is 0 Å². The van der Waals surface area contributed by atoms with E-state index < -0.39 is 0 Å². The first-order valence-electron chi connectivity index (χ1n) is 4.73. The highest BCUT2D eigenvalue weighted by molar-refractivity contribution is 9.11. The summed E-state index contributed by atoms with van der Waals surface area (Å²) in [5, 5.41) is 0. The average molecular weight is 425 g/mol. The molecule has 0 saturated carbocycles. The average Bonchev–Trinajstić information content (AvgIpc) is 2.58. The van der Waals surface area contributed by atoms with Gasteiger partial charge in [0, 0.05) is 9.35 Å². The number of rotatable bonds is 2. The molecule has 2 aromatic rings. The van der Waals surface area contributed by atoms with E-state index in [1.807, 2.05) is 6.07 Å². The van der Waals surface area contributed by atoms with Crippen LogP contribution in [0, 0.1) is 6.92 Å². The van der Waals surface area contributed by atoms with Gasteiger partial charge in [0.05, 0.1) is 8.61 Å². The predicted molar refractivity (Wildman–Crippen MR) is 81.7 cm³/mol. The first-order valence-corrected chi connectivity index (χ1v) is 8.05. The van der Waals surface area contributed by atoms with Gasteiger partial charge in [-0.05, 0) is 52.2 Å². The standard InChI is InChI=1S/C12H9Br3S/c1-7-5-10(16-12(7)15)11(14)8-3-2-4-9(13)6-8/h2-6,11H,1H3. The van der Waals surface area contributed by atoms with Crippen molar-refractivity contribution in [3.8, 4) is 0 Å². The smallest absolute Gasteiger partial charge is 0.0738 e. The molecule has 0 N–H and O–H groups in total. The van der Waals surface area contributed by atoms with Crippen LogP contribution in [0.2, 0.25) is 0 Å². The Bertz CT molecular complexity index is 485. The van der Waals surface area contributed by atoms with E-state index >= 15 is 0 Å². The third-order valence-electron chi connectivity index (χ3n) is 2.27. The minimum atomic E-state index is 0.264. The molecule has 0 spiro atoms. The SMILES string of the molecule is Cc1cc(C(Br)c2cccc(Br)c2)sc1Br. The number of aryl methyl sites for hydroxylation is 1. The predicted octanol–water partition coefficient (Wildman–Crippen LogP) is 6.07. The third-order valence-corrected chi connectivity index (χ3v) is 6.29. The van der Waals surface area contributed by atoms with Gasteiger partial charge in [-0.1, -0.05) is 44.0 Å². The Morgan fingerprint density at radius 1 is 1.19 bits per heavy atom. The maximum absolute atomic E-state index is 3.74. The number of hydrogen-bond acceptors (Lipinski definition) is 1. The lowest BCUT2D eigenvalue weighted by Gasteiger charge is -2.08. The van der Waals surface area contributed by atoms with Crippen LogP contribution in [0.4, 0.5) is 0 Å². The van der Waals surface area contributed by atoms with Crippen LogP contribution in [0.25, 0.3) is 0 Å². The molecule has 0 radical (unpaired) electrons. The number of halogens is 3. The fourth-order valence-corrected chi connectivity index (χ4v) is 4.13. The summed E-state index contributed by atoms with van der Waals surface area (Å²) in [5.41, 5.74) is 2.56. The van der Waals surface area contributed by atoms with Gasteiger partial charge < -0.3 is 0 Å². The molecule has 0 aliphatic heterocycles. The fourth-order valence-electron chi connectivity index (χ4n) is 1.44. The van der Waals surface area contributed by atoms with Crippen LogP contribution in [0.3, 0.4) is 0 Å². The Labute approximate surface area is 124 Å². The van der Waals surface area contributed by atoms with Crippen LogP contribution in [0.15, 0.2) is 38.6 Å². The zero-order valence-electron chi connectivity index (χ0n) is 8.51. The summed E-state index contributed by atoms with van der Waals surface area (Å²) in [6.45, 7) is 2.12. The lowest BCUT2D eigenvalue weighted by molar-refractivity contribution is 1.21. The van der Waals surface area contributed by atoms with Crippen molar-refractivity contribution in [2.24, 2.45) is 0 Å². The van der Waals surface area contributed by atoms with E-state index in [4.69, 9.17) is 0 Å². The van der Waals surface area contributed by atoms with Crippen LogP contribution in [-0.2, 0) is 0 Å². The normalized spacial score (nSPS) is 12.8. The lowest BCUT2D eigenvalue weighted by Crippen LogP contribution is -1.88. The monoisotopic (exact) mass is 422 g/mol. The van der Waals surface area contributed by atoms with Gasteiger partial charge in [-0.3, -0.25) is 0 Å². The Kier molecular flexibility index (Phi) is 4.27. The first-order chi connectivity index (χ1) is 7.58. The van der Waals surface area contributed by atoms with Crippen LogP contribution in [0.1, 0.15) is 20.8 Å². The van der Waals surface area contributed by atoms with Gasteiger partial charge >= 0.3 is 0 Å². The number of alkyl halides is 1. The van der Waals surface area contributed by atoms with Crippen molar-refractivity contribution in [3.05, 3.63) is 54.6 Å². The highest BCUT2D eigenvalue weighted by Gasteiger charge is 2.14. The van der Waals surface area contributed by atoms with Crippen molar-refractivity contribution in [3.63, 3.8) is 0 Å². The maximum Gasteiger partial charge on any atom is 0.0738 e. The highest BCUT2D eigenvalue weighted by atomic mass is 79.9. The summed E-state index contributed by atoms with van der Waals surface area (Å²) < 4.78 is 2.32. The van der Waals surface area contributed by atoms with Crippen molar-refractivity contribution in [2.75, 3.05) is 0 Å². The van der Waals surface area contributed by atoms with E-state index in [2.05, 4.69) is 79.0 Å². The molecule has 1 unspecified atom stereocenters. The minimum Gasteiger partial charge on any atom is -0.131 e. The molecule has 0 nitrogen and oxygen atoms in total. The minimum absolute atomic E-state index is 0.264. The zero-order chi connectivity index (χ0) is 11.7. The van der Waals surface area contributed by atoms with E-state index in [9.17, 15) is 0 Å². The second-order valence-corrected chi connectivity index (χ2v) is 7.76. The molecular formula is C12H9Br3S. The second-order valence-electron chi connectivity index (χ2n) is 3.52. The zero-order valence-corrected chi connectivity index (χ0v) is 14.1. The van der Waals surface area contributed by atoms with Crippen molar-refractivity contribution in [1.29, 1.82) is 0 Å². The van der Waals surface area contributed by atoms with E-state index in [-0.39, 0.29) is 4.83 Å². The topological polar surface area (TPSA) is 0 Å². The Balaban J connectivity index is 2.35. The van der Waals surface area contributed by atoms with Crippen molar-refractivity contribution >= 4 is 59.1 Å². The van der Waals surface area contributed by atoms with Gasteiger partial charge in [0.25, 0.3) is 0 Å². The Morgan fingerprint density at radius 2 is 1.94 bits per heavy atom. The van der Waals surface area contributed by atoms with Crippen molar-refractivity contribution < 1.29 is 0 Å². The second kappa shape index (κ2) is 5.34. The maximum atomic E-state index is 3.74. The molecule has 0 fully saturated rings. The quantitative estimate of drug-likeness (QED) is 0.513. The molecule has 1 atom stereocenters. The Morgan fingerprint density at radius 3 is 2.50 bits per heavy atom. The first kappa shape index (κ1) is 12.8. The van der Waals surface area contributed by atoms with E-state index in [0.29, 0.717) is 0 Å². The van der Waals surface area contributed by atoms with Crippen LogP contribution in [0.5, 0.6) is 0 Å². The number of hydrogen-bond donors (Lipinski definition) is 0. The van der Waals surface area contributed by atoms with Crippen LogP contribution in [-0.4, -0.2) is 0 Å². The summed E-state index contributed by atoms with van der Waals surface area (Å²) >= 11 is 12.6. The van der Waals surface area contributed by atoms with Gasteiger partial charge in [0.15, 0.2) is 0 Å². The fraction of sp³-hybridized carbons (Fsp3) is 0.167. The summed E-state index contributed by atoms with van der Waals surface area (Å²) in [6, 6.07) is 10.6. The van der Waals surface area contributed by atoms with E-state index in [0.717, 1.165) is 4.47 Å². The summed E-state index contributed by atoms with van der Waals surface area (Å²) in [7, 11) is 0. The highest BCUT2D eigenvalue weighted by Crippen LogP contribution is 2.39. The molecule has 1 heterocycles. The summed E-state index contributed by atoms with van der Waals surface area (Å²) in [5.74, 6) is 0. The Hall–Kier alpha value is 0.360. The molecule has 84 valence electrons. The van der Waals surface area contributed by atoms with Gasteiger partial charge in [0.1, 0.15) is 0 Å². The summed E-state index contributed by atoms with van der Waals surface area (Å²) in [4.78, 5) is 1.59. The molecule has 0 amide bonds. The number of benzene rings is 1. The molecule has 16 heavy (non-hydrogen) atoms. The molecule has 0 saturated heterocycles. The molecular weight excluding hydrogens is 416 g/mol. The molecule has 4 heteroatoms. The van der Waals surface area contributed by atoms with Gasteiger partial charge in [-0.2, -0.15) is 0 Å². The molecule has 0 aliphatic carbocycles. The molecule has 1 aromatic carbocycles. The number of thiophene rings is 1. The summed E-state index contributed by atoms with van der Waals surface area (Å²) in [6.07, 6.45) is 0. The largest absolute Gasteiger partial charge is 0.131 e. The molecule has 2 rings (SSSR count). The van der Waals surface area contributed by atoms with Crippen molar-refractivity contribution in [1.82, 2.24) is 0 Å². The lowest BCUT2D eigenvalue weighted by atomic mass is 10.1. The molecule has 0 bridgehead atoms. The third kappa shape index (κ3) is 2.78. The van der Waals surface area contributed by atoms with E-state index in [1.165, 1.54) is 19.8 Å². The molecule has 1 aromatic heterocycles. The van der Waals surface area contributed by atoms with Gasteiger partial charge in [0.2, 0.25) is 0 Å². The van der Waals surface area contributed by atoms with Gasteiger partial charge in [-0.15, -0.1) is 11.3 Å². The van der Waals surface area contributed by atoms with E-state index in [1.54, 1.807) is 11.3 Å². The van der Waals surface area contributed by atoms with Gasteiger partial charge in [-0.25, -0.2) is 0 Å². The van der Waals surface area contributed by atoms with Crippen LogP contribution >= 0.6 is 59.1 Å². The molecule has 0 aliphatic rings.